The molecule has 2 aliphatic rings. The second-order valence-corrected chi connectivity index (χ2v) is 10.8. The molecule has 3 nitrogen and oxygen atoms in total. The van der Waals surface area contributed by atoms with Crippen molar-refractivity contribution in [3.8, 4) is 0 Å². The van der Waals surface area contributed by atoms with Gasteiger partial charge in [-0.25, -0.2) is 13.6 Å². The number of carbonyl (C=O) groups excluding carboxylic acids is 1. The van der Waals surface area contributed by atoms with Crippen molar-refractivity contribution in [3.05, 3.63) is 36.0 Å². The fraction of sp³-hybridized carbons (Fsp3) is 0.759. The summed E-state index contributed by atoms with van der Waals surface area (Å²) < 4.78 is 35.6. The molecule has 0 bridgehead atoms. The Morgan fingerprint density at radius 2 is 1.53 bits per heavy atom. The number of aliphatic hydroxyl groups is 1. The Bertz CT molecular complexity index is 698. The van der Waals surface area contributed by atoms with Crippen molar-refractivity contribution in [2.45, 2.75) is 97.3 Å². The lowest BCUT2D eigenvalue weighted by molar-refractivity contribution is -0.141. The number of ether oxygens (including phenoxy) is 1. The molecular formula is C29H46F2O3. The van der Waals surface area contributed by atoms with Gasteiger partial charge in [-0.3, -0.25) is 0 Å². The predicted octanol–water partition coefficient (Wildman–Crippen LogP) is 8.00. The minimum atomic E-state index is -0.516. The molecule has 0 heterocycles. The summed E-state index contributed by atoms with van der Waals surface area (Å²) in [5, 5.41) is 9.40. The SMILES string of the molecule is C=C(CO)CC(COC(=O)C(=C)C)C1CCC(/C(F)=C(\F)C2CCC(CCCCC)CC2)CC1. The number of hydrogen-bond acceptors (Lipinski definition) is 3. The zero-order valence-corrected chi connectivity index (χ0v) is 21.4. The van der Waals surface area contributed by atoms with Crippen LogP contribution in [0.4, 0.5) is 8.78 Å². The van der Waals surface area contributed by atoms with Gasteiger partial charge in [0.05, 0.1) is 13.2 Å². The average Bonchev–Trinajstić information content (AvgIpc) is 2.85. The van der Waals surface area contributed by atoms with Crippen LogP contribution in [0.25, 0.3) is 0 Å². The van der Waals surface area contributed by atoms with E-state index in [4.69, 9.17) is 4.74 Å². The lowest BCUT2D eigenvalue weighted by Crippen LogP contribution is -2.28. The maximum absolute atomic E-state index is 15.1. The number of rotatable bonds is 13. The van der Waals surface area contributed by atoms with E-state index < -0.39 is 17.6 Å². The van der Waals surface area contributed by atoms with E-state index in [1.165, 1.54) is 25.7 Å². The molecule has 1 N–H and O–H groups in total. The van der Waals surface area contributed by atoms with Crippen LogP contribution in [0.1, 0.15) is 97.3 Å². The highest BCUT2D eigenvalue weighted by atomic mass is 19.2. The second-order valence-electron chi connectivity index (χ2n) is 10.8. The molecule has 0 aromatic heterocycles. The van der Waals surface area contributed by atoms with E-state index in [2.05, 4.69) is 20.1 Å². The van der Waals surface area contributed by atoms with Crippen molar-refractivity contribution in [3.63, 3.8) is 0 Å². The smallest absolute Gasteiger partial charge is 0.333 e. The topological polar surface area (TPSA) is 46.5 Å². The lowest BCUT2D eigenvalue weighted by atomic mass is 9.73. The normalized spacial score (nSPS) is 27.0. The number of allylic oxidation sites excluding steroid dienone is 2. The van der Waals surface area contributed by atoms with Gasteiger partial charge in [0.2, 0.25) is 0 Å². The van der Waals surface area contributed by atoms with E-state index in [1.807, 2.05) is 0 Å². The van der Waals surface area contributed by atoms with Crippen LogP contribution in [-0.4, -0.2) is 24.3 Å². The number of halogens is 2. The summed E-state index contributed by atoms with van der Waals surface area (Å²) in [5.41, 5.74) is 1.04. The zero-order valence-electron chi connectivity index (χ0n) is 21.4. The fourth-order valence-corrected chi connectivity index (χ4v) is 5.72. The van der Waals surface area contributed by atoms with Gasteiger partial charge >= 0.3 is 5.97 Å². The number of aliphatic hydroxyl groups excluding tert-OH is 1. The molecule has 2 aliphatic carbocycles. The van der Waals surface area contributed by atoms with E-state index in [0.717, 1.165) is 38.5 Å². The maximum atomic E-state index is 15.1. The Balaban J connectivity index is 1.89. The predicted molar refractivity (Wildman–Crippen MR) is 134 cm³/mol. The molecule has 2 saturated carbocycles. The summed E-state index contributed by atoms with van der Waals surface area (Å²) in [6, 6.07) is 0. The van der Waals surface area contributed by atoms with Crippen LogP contribution in [0.5, 0.6) is 0 Å². The average molecular weight is 481 g/mol. The van der Waals surface area contributed by atoms with E-state index in [1.54, 1.807) is 6.92 Å². The Kier molecular flexibility index (Phi) is 12.5. The maximum Gasteiger partial charge on any atom is 0.333 e. The van der Waals surface area contributed by atoms with E-state index in [0.29, 0.717) is 36.3 Å². The van der Waals surface area contributed by atoms with Gasteiger partial charge in [-0.1, -0.05) is 51.3 Å². The van der Waals surface area contributed by atoms with Crippen LogP contribution in [0.3, 0.4) is 0 Å². The second kappa shape index (κ2) is 14.8. The van der Waals surface area contributed by atoms with Gasteiger partial charge in [0.1, 0.15) is 11.7 Å². The summed E-state index contributed by atoms with van der Waals surface area (Å²) in [7, 11) is 0. The Labute approximate surface area is 205 Å². The first-order chi connectivity index (χ1) is 16.3. The van der Waals surface area contributed by atoms with Crippen molar-refractivity contribution in [1.82, 2.24) is 0 Å². The molecule has 0 aromatic rings. The lowest BCUT2D eigenvalue weighted by Gasteiger charge is -2.34. The van der Waals surface area contributed by atoms with Gasteiger partial charge in [-0.2, -0.15) is 0 Å². The molecule has 0 radical (unpaired) electrons. The fourth-order valence-electron chi connectivity index (χ4n) is 5.72. The number of carbonyl (C=O) groups is 1. The third-order valence-electron chi connectivity index (χ3n) is 8.00. The molecule has 0 aliphatic heterocycles. The van der Waals surface area contributed by atoms with Gasteiger partial charge in [0.25, 0.3) is 0 Å². The number of unbranched alkanes of at least 4 members (excludes halogenated alkanes) is 2. The van der Waals surface area contributed by atoms with Crippen LogP contribution in [0, 0.1) is 29.6 Å². The molecule has 34 heavy (non-hydrogen) atoms. The molecule has 2 rings (SSSR count). The Morgan fingerprint density at radius 1 is 0.971 bits per heavy atom. The summed E-state index contributed by atoms with van der Waals surface area (Å²) in [6.07, 6.45) is 11.8. The van der Waals surface area contributed by atoms with Crippen LogP contribution in [0.15, 0.2) is 36.0 Å². The minimum absolute atomic E-state index is 0.0174. The molecule has 1 unspecified atom stereocenters. The summed E-state index contributed by atoms with van der Waals surface area (Å²) in [4.78, 5) is 11.8. The molecule has 194 valence electrons. The van der Waals surface area contributed by atoms with Crippen molar-refractivity contribution in [2.24, 2.45) is 29.6 Å². The van der Waals surface area contributed by atoms with Gasteiger partial charge in [-0.15, -0.1) is 0 Å². The number of esters is 1. The number of hydrogen-bond donors (Lipinski definition) is 1. The largest absolute Gasteiger partial charge is 0.462 e. The third kappa shape index (κ3) is 8.94. The first kappa shape index (κ1) is 28.7. The third-order valence-corrected chi connectivity index (χ3v) is 8.00. The van der Waals surface area contributed by atoms with Crippen LogP contribution < -0.4 is 0 Å². The van der Waals surface area contributed by atoms with Gasteiger partial charge in [-0.05, 0) is 82.5 Å². The van der Waals surface area contributed by atoms with Crippen molar-refractivity contribution in [2.75, 3.05) is 13.2 Å². The first-order valence-electron chi connectivity index (χ1n) is 13.4. The summed E-state index contributed by atoms with van der Waals surface area (Å²) in [6.45, 7) is 11.4. The highest BCUT2D eigenvalue weighted by Crippen LogP contribution is 2.43. The minimum Gasteiger partial charge on any atom is -0.462 e. The van der Waals surface area contributed by atoms with Gasteiger partial charge < -0.3 is 9.84 Å². The highest BCUT2D eigenvalue weighted by molar-refractivity contribution is 5.86. The quantitative estimate of drug-likeness (QED) is 0.126. The van der Waals surface area contributed by atoms with E-state index in [9.17, 15) is 9.90 Å². The first-order valence-corrected chi connectivity index (χ1v) is 13.4. The summed E-state index contributed by atoms with van der Waals surface area (Å²) in [5.74, 6) is -1.10. The van der Waals surface area contributed by atoms with Crippen LogP contribution in [-0.2, 0) is 9.53 Å². The van der Waals surface area contributed by atoms with Crippen LogP contribution >= 0.6 is 0 Å². The van der Waals surface area contributed by atoms with Crippen molar-refractivity contribution < 1.29 is 23.4 Å². The monoisotopic (exact) mass is 480 g/mol. The molecule has 0 amide bonds. The van der Waals surface area contributed by atoms with E-state index >= 15 is 8.78 Å². The van der Waals surface area contributed by atoms with Crippen molar-refractivity contribution in [1.29, 1.82) is 0 Å². The molecule has 2 fully saturated rings. The molecule has 1 atom stereocenters. The van der Waals surface area contributed by atoms with Crippen LogP contribution in [0.2, 0.25) is 0 Å². The van der Waals surface area contributed by atoms with Gasteiger partial charge in [0.15, 0.2) is 0 Å². The standard InChI is InChI=1S/C29H46F2O3/c1-5-6-7-8-22-9-11-24(12-10-22)27(30)28(31)25-15-13-23(14-16-25)26(17-21(4)18-32)19-34-29(33)20(2)3/h22-26,32H,2,4-19H2,1,3H3/b28-27+. The zero-order chi connectivity index (χ0) is 25.1. The Morgan fingerprint density at radius 3 is 2.03 bits per heavy atom. The van der Waals surface area contributed by atoms with E-state index in [-0.39, 0.29) is 36.9 Å². The summed E-state index contributed by atoms with van der Waals surface area (Å²) >= 11 is 0. The molecule has 5 heteroatoms. The highest BCUT2D eigenvalue weighted by Gasteiger charge is 2.34. The molecular weight excluding hydrogens is 434 g/mol. The molecule has 0 saturated heterocycles. The Hall–Kier alpha value is -1.49. The molecule has 0 aromatic carbocycles. The molecule has 0 spiro atoms. The van der Waals surface area contributed by atoms with Gasteiger partial charge in [0, 0.05) is 17.4 Å². The van der Waals surface area contributed by atoms with Crippen molar-refractivity contribution >= 4 is 5.97 Å².